The van der Waals surface area contributed by atoms with Gasteiger partial charge in [-0.2, -0.15) is 0 Å². The summed E-state index contributed by atoms with van der Waals surface area (Å²) < 4.78 is 12.7. The number of thioether (sulfide) groups is 2. The van der Waals surface area contributed by atoms with E-state index >= 15 is 0 Å². The van der Waals surface area contributed by atoms with Crippen molar-refractivity contribution >= 4 is 29.2 Å². The highest BCUT2D eigenvalue weighted by Gasteiger charge is 1.99. The molecule has 0 radical (unpaired) electrons. The van der Waals surface area contributed by atoms with Crippen LogP contribution in [0.1, 0.15) is 5.56 Å². The second-order valence-electron chi connectivity index (χ2n) is 4.17. The molecule has 0 fully saturated rings. The smallest absolute Gasteiger partial charge is 0.123 e. The second kappa shape index (κ2) is 6.87. The van der Waals surface area contributed by atoms with Gasteiger partial charge >= 0.3 is 0 Å². The van der Waals surface area contributed by atoms with E-state index in [2.05, 4.69) is 12.1 Å². The Morgan fingerprint density at radius 2 is 1.53 bits per heavy atom. The Balaban J connectivity index is 1.77. The van der Waals surface area contributed by atoms with Crippen LogP contribution in [0.3, 0.4) is 0 Å². The van der Waals surface area contributed by atoms with E-state index in [4.69, 9.17) is 5.73 Å². The summed E-state index contributed by atoms with van der Waals surface area (Å²) in [7, 11) is 0. The molecule has 0 aliphatic rings. The van der Waals surface area contributed by atoms with Crippen molar-refractivity contribution < 1.29 is 4.39 Å². The first-order valence-electron chi connectivity index (χ1n) is 6.02. The zero-order valence-electron chi connectivity index (χ0n) is 10.7. The summed E-state index contributed by atoms with van der Waals surface area (Å²) in [5, 5.41) is 0. The molecule has 2 rings (SSSR count). The number of hydrogen-bond donors (Lipinski definition) is 1. The van der Waals surface area contributed by atoms with Gasteiger partial charge in [0.1, 0.15) is 5.82 Å². The molecule has 2 N–H and O–H groups in total. The van der Waals surface area contributed by atoms with Crippen LogP contribution in [-0.4, -0.2) is 11.5 Å². The summed E-state index contributed by atoms with van der Waals surface area (Å²) in [4.78, 5) is 2.35. The lowest BCUT2D eigenvalue weighted by atomic mass is 10.2. The molecule has 1 nitrogen and oxygen atoms in total. The van der Waals surface area contributed by atoms with Gasteiger partial charge in [-0.25, -0.2) is 4.39 Å². The van der Waals surface area contributed by atoms with Crippen molar-refractivity contribution in [2.24, 2.45) is 0 Å². The summed E-state index contributed by atoms with van der Waals surface area (Å²) in [5.41, 5.74) is 7.75. The molecule has 0 bridgehead atoms. The minimum absolute atomic E-state index is 0.184. The molecule has 0 aliphatic carbocycles. The van der Waals surface area contributed by atoms with Crippen molar-refractivity contribution in [2.45, 2.75) is 16.7 Å². The third-order valence-corrected chi connectivity index (χ3v) is 4.94. The van der Waals surface area contributed by atoms with Crippen molar-refractivity contribution in [3.63, 3.8) is 0 Å². The first kappa shape index (κ1) is 14.3. The van der Waals surface area contributed by atoms with Gasteiger partial charge in [0.15, 0.2) is 0 Å². The maximum absolute atomic E-state index is 12.7. The Hall–Kier alpha value is -1.13. The highest BCUT2D eigenvalue weighted by molar-refractivity contribution is 8.03. The fourth-order valence-electron chi connectivity index (χ4n) is 1.59. The van der Waals surface area contributed by atoms with Crippen LogP contribution in [0.5, 0.6) is 0 Å². The molecule has 4 heteroatoms. The van der Waals surface area contributed by atoms with E-state index in [9.17, 15) is 4.39 Å². The maximum atomic E-state index is 12.7. The number of aryl methyl sites for hydroxylation is 1. The van der Waals surface area contributed by atoms with Crippen molar-refractivity contribution in [1.82, 2.24) is 0 Å². The molecule has 0 aromatic heterocycles. The summed E-state index contributed by atoms with van der Waals surface area (Å²) in [5.74, 6) is 1.83. The fourth-order valence-corrected chi connectivity index (χ4v) is 3.48. The predicted molar refractivity (Wildman–Crippen MR) is 83.4 cm³/mol. The Morgan fingerprint density at radius 1 is 0.947 bits per heavy atom. The molecule has 19 heavy (non-hydrogen) atoms. The van der Waals surface area contributed by atoms with Crippen LogP contribution in [-0.2, 0) is 0 Å². The zero-order valence-corrected chi connectivity index (χ0v) is 12.4. The maximum Gasteiger partial charge on any atom is 0.123 e. The van der Waals surface area contributed by atoms with Gasteiger partial charge in [0.25, 0.3) is 0 Å². The SMILES string of the molecule is Cc1cc(SCCSc2ccc(F)cc2)ccc1N. The van der Waals surface area contributed by atoms with Crippen molar-refractivity contribution in [3.05, 3.63) is 53.8 Å². The standard InChI is InChI=1S/C15H16FNS2/c1-11-10-14(6-7-15(11)17)19-9-8-18-13-4-2-12(16)3-5-13/h2-7,10H,8-9,17H2,1H3. The van der Waals surface area contributed by atoms with Crippen molar-refractivity contribution in [2.75, 3.05) is 17.2 Å². The average molecular weight is 293 g/mol. The van der Waals surface area contributed by atoms with E-state index in [-0.39, 0.29) is 5.82 Å². The normalized spacial score (nSPS) is 10.6. The molecular weight excluding hydrogens is 277 g/mol. The molecule has 0 saturated carbocycles. The molecule has 2 aromatic carbocycles. The van der Waals surface area contributed by atoms with Crippen LogP contribution < -0.4 is 5.73 Å². The number of benzene rings is 2. The molecule has 0 aliphatic heterocycles. The Kier molecular flexibility index (Phi) is 5.16. The van der Waals surface area contributed by atoms with Gasteiger partial charge < -0.3 is 5.73 Å². The van der Waals surface area contributed by atoms with Crippen LogP contribution >= 0.6 is 23.5 Å². The monoisotopic (exact) mass is 293 g/mol. The van der Waals surface area contributed by atoms with Crippen molar-refractivity contribution in [3.8, 4) is 0 Å². The van der Waals surface area contributed by atoms with Crippen LogP contribution in [0.25, 0.3) is 0 Å². The van der Waals surface area contributed by atoms with Crippen molar-refractivity contribution in [1.29, 1.82) is 0 Å². The van der Waals surface area contributed by atoms with Crippen LogP contribution in [0.15, 0.2) is 52.3 Å². The van der Waals surface area contributed by atoms with Gasteiger partial charge in [0, 0.05) is 27.0 Å². The summed E-state index contributed by atoms with van der Waals surface area (Å²) in [6.07, 6.45) is 0. The fraction of sp³-hybridized carbons (Fsp3) is 0.200. The van der Waals surface area contributed by atoms with E-state index in [0.29, 0.717) is 0 Å². The molecule has 0 unspecified atom stereocenters. The number of nitrogen functional groups attached to an aromatic ring is 1. The van der Waals surface area contributed by atoms with Gasteiger partial charge in [-0.15, -0.1) is 23.5 Å². The highest BCUT2D eigenvalue weighted by Crippen LogP contribution is 2.25. The first-order chi connectivity index (χ1) is 9.15. The van der Waals surface area contributed by atoms with Gasteiger partial charge in [0.2, 0.25) is 0 Å². The number of halogens is 1. The topological polar surface area (TPSA) is 26.0 Å². The van der Waals surface area contributed by atoms with E-state index in [1.807, 2.05) is 36.9 Å². The second-order valence-corrected chi connectivity index (χ2v) is 6.51. The average Bonchev–Trinajstić information content (AvgIpc) is 2.41. The first-order valence-corrected chi connectivity index (χ1v) is 7.99. The largest absolute Gasteiger partial charge is 0.399 e. The summed E-state index contributed by atoms with van der Waals surface area (Å²) in [6, 6.07) is 12.7. The van der Waals surface area contributed by atoms with E-state index in [1.54, 1.807) is 11.8 Å². The summed E-state index contributed by atoms with van der Waals surface area (Å²) >= 11 is 3.56. The lowest BCUT2D eigenvalue weighted by Gasteiger charge is -2.05. The lowest BCUT2D eigenvalue weighted by Crippen LogP contribution is -1.90. The molecule has 0 heterocycles. The van der Waals surface area contributed by atoms with E-state index < -0.39 is 0 Å². The van der Waals surface area contributed by atoms with Gasteiger partial charge in [0.05, 0.1) is 0 Å². The predicted octanol–water partition coefficient (Wildman–Crippen LogP) is 4.60. The lowest BCUT2D eigenvalue weighted by molar-refractivity contribution is 0.626. The number of hydrogen-bond acceptors (Lipinski definition) is 3. The number of nitrogens with two attached hydrogens (primary N) is 1. The third kappa shape index (κ3) is 4.48. The van der Waals surface area contributed by atoms with Gasteiger partial charge in [-0.1, -0.05) is 0 Å². The van der Waals surface area contributed by atoms with Crippen LogP contribution in [0.2, 0.25) is 0 Å². The molecule has 0 saturated heterocycles. The minimum Gasteiger partial charge on any atom is -0.399 e. The number of rotatable bonds is 5. The molecule has 0 amide bonds. The molecule has 100 valence electrons. The van der Waals surface area contributed by atoms with E-state index in [1.165, 1.54) is 17.0 Å². The highest BCUT2D eigenvalue weighted by atomic mass is 32.2. The Bertz CT molecular complexity index is 540. The Morgan fingerprint density at radius 3 is 2.16 bits per heavy atom. The molecule has 0 atom stereocenters. The zero-order chi connectivity index (χ0) is 13.7. The quantitative estimate of drug-likeness (QED) is 0.495. The van der Waals surface area contributed by atoms with E-state index in [0.717, 1.165) is 27.7 Å². The van der Waals surface area contributed by atoms with Crippen LogP contribution in [0.4, 0.5) is 10.1 Å². The molecular formula is C15H16FNS2. The molecule has 0 spiro atoms. The van der Waals surface area contributed by atoms with Gasteiger partial charge in [-0.3, -0.25) is 0 Å². The van der Waals surface area contributed by atoms with Gasteiger partial charge in [-0.05, 0) is 55.0 Å². The third-order valence-electron chi connectivity index (χ3n) is 2.68. The minimum atomic E-state index is -0.184. The summed E-state index contributed by atoms with van der Waals surface area (Å²) in [6.45, 7) is 2.02. The Labute approximate surface area is 121 Å². The number of anilines is 1. The van der Waals surface area contributed by atoms with Crippen LogP contribution in [0, 0.1) is 12.7 Å². The molecule has 2 aromatic rings.